The van der Waals surface area contributed by atoms with Crippen LogP contribution in [0.25, 0.3) is 0 Å². The molecule has 0 radical (unpaired) electrons. The second kappa shape index (κ2) is 5.09. The SMILES string of the molecule is CC1(c2nc(Cc3cccnc3)no2)CCCNC1. The van der Waals surface area contributed by atoms with Crippen LogP contribution in [0.5, 0.6) is 0 Å². The van der Waals surface area contributed by atoms with Crippen LogP contribution in [0.4, 0.5) is 0 Å². The van der Waals surface area contributed by atoms with Gasteiger partial charge < -0.3 is 9.84 Å². The zero-order valence-electron chi connectivity index (χ0n) is 11.1. The molecule has 1 aliphatic heterocycles. The monoisotopic (exact) mass is 258 g/mol. The molecule has 100 valence electrons. The van der Waals surface area contributed by atoms with Crippen LogP contribution in [0, 0.1) is 0 Å². The zero-order valence-corrected chi connectivity index (χ0v) is 11.1. The van der Waals surface area contributed by atoms with Gasteiger partial charge in [-0.25, -0.2) is 0 Å². The summed E-state index contributed by atoms with van der Waals surface area (Å²) in [6, 6.07) is 3.94. The van der Waals surface area contributed by atoms with Crippen LogP contribution in [-0.2, 0) is 11.8 Å². The van der Waals surface area contributed by atoms with E-state index < -0.39 is 0 Å². The number of aromatic nitrogens is 3. The van der Waals surface area contributed by atoms with Crippen molar-refractivity contribution in [2.45, 2.75) is 31.6 Å². The lowest BCUT2D eigenvalue weighted by Gasteiger charge is -2.30. The van der Waals surface area contributed by atoms with Crippen LogP contribution in [0.3, 0.4) is 0 Å². The molecule has 1 N–H and O–H groups in total. The molecule has 0 bridgehead atoms. The van der Waals surface area contributed by atoms with Gasteiger partial charge in [0.15, 0.2) is 5.82 Å². The maximum absolute atomic E-state index is 5.46. The van der Waals surface area contributed by atoms with E-state index in [-0.39, 0.29) is 5.41 Å². The van der Waals surface area contributed by atoms with Crippen molar-refractivity contribution >= 4 is 0 Å². The third-order valence-corrected chi connectivity index (χ3v) is 3.67. The van der Waals surface area contributed by atoms with Crippen LogP contribution >= 0.6 is 0 Å². The molecule has 0 aromatic carbocycles. The number of pyridine rings is 1. The first-order valence-corrected chi connectivity index (χ1v) is 6.69. The van der Waals surface area contributed by atoms with E-state index in [0.29, 0.717) is 6.42 Å². The van der Waals surface area contributed by atoms with Gasteiger partial charge in [0.1, 0.15) is 0 Å². The second-order valence-electron chi connectivity index (χ2n) is 5.39. The molecule has 0 aliphatic carbocycles. The molecule has 0 spiro atoms. The Morgan fingerprint density at radius 1 is 1.47 bits per heavy atom. The molecule has 0 saturated carbocycles. The van der Waals surface area contributed by atoms with Gasteiger partial charge in [-0.2, -0.15) is 4.98 Å². The minimum atomic E-state index is -0.0293. The van der Waals surface area contributed by atoms with Crippen LogP contribution in [0.1, 0.15) is 37.0 Å². The van der Waals surface area contributed by atoms with Gasteiger partial charge in [-0.3, -0.25) is 4.98 Å². The molecule has 3 rings (SSSR count). The maximum Gasteiger partial charge on any atom is 0.233 e. The smallest absolute Gasteiger partial charge is 0.233 e. The Morgan fingerprint density at radius 2 is 2.42 bits per heavy atom. The second-order valence-corrected chi connectivity index (χ2v) is 5.39. The van der Waals surface area contributed by atoms with Gasteiger partial charge in [0.05, 0.1) is 5.41 Å². The Labute approximate surface area is 112 Å². The minimum absolute atomic E-state index is 0.0293. The van der Waals surface area contributed by atoms with Gasteiger partial charge in [0.25, 0.3) is 0 Å². The summed E-state index contributed by atoms with van der Waals surface area (Å²) in [5.74, 6) is 1.48. The molecule has 5 nitrogen and oxygen atoms in total. The average Bonchev–Trinajstić information content (AvgIpc) is 2.90. The number of hydrogen-bond acceptors (Lipinski definition) is 5. The Morgan fingerprint density at radius 3 is 3.16 bits per heavy atom. The highest BCUT2D eigenvalue weighted by molar-refractivity contribution is 5.15. The highest BCUT2D eigenvalue weighted by Crippen LogP contribution is 2.29. The van der Waals surface area contributed by atoms with Crippen molar-refractivity contribution in [1.29, 1.82) is 0 Å². The van der Waals surface area contributed by atoms with E-state index in [0.717, 1.165) is 43.2 Å². The van der Waals surface area contributed by atoms with E-state index in [9.17, 15) is 0 Å². The van der Waals surface area contributed by atoms with Crippen LogP contribution in [-0.4, -0.2) is 28.2 Å². The topological polar surface area (TPSA) is 63.8 Å². The van der Waals surface area contributed by atoms with Crippen molar-refractivity contribution in [3.8, 4) is 0 Å². The van der Waals surface area contributed by atoms with Gasteiger partial charge in [0.2, 0.25) is 5.89 Å². The summed E-state index contributed by atoms with van der Waals surface area (Å²) in [6.45, 7) is 4.16. The molecule has 1 unspecified atom stereocenters. The number of nitrogens with zero attached hydrogens (tertiary/aromatic N) is 3. The fraction of sp³-hybridized carbons (Fsp3) is 0.500. The molecule has 2 aromatic heterocycles. The first-order chi connectivity index (χ1) is 9.26. The fourth-order valence-electron chi connectivity index (χ4n) is 2.49. The van der Waals surface area contributed by atoms with Gasteiger partial charge in [-0.05, 0) is 37.9 Å². The van der Waals surface area contributed by atoms with Crippen molar-refractivity contribution in [1.82, 2.24) is 20.4 Å². The highest BCUT2D eigenvalue weighted by Gasteiger charge is 2.34. The Balaban J connectivity index is 1.76. The molecule has 2 aromatic rings. The summed E-state index contributed by atoms with van der Waals surface area (Å²) in [5, 5.41) is 7.49. The van der Waals surface area contributed by atoms with Gasteiger partial charge >= 0.3 is 0 Å². The number of rotatable bonds is 3. The summed E-state index contributed by atoms with van der Waals surface area (Å²) < 4.78 is 5.46. The van der Waals surface area contributed by atoms with Gasteiger partial charge in [-0.15, -0.1) is 0 Å². The summed E-state index contributed by atoms with van der Waals surface area (Å²) in [5.41, 5.74) is 1.07. The lowest BCUT2D eigenvalue weighted by Crippen LogP contribution is -2.41. The minimum Gasteiger partial charge on any atom is -0.339 e. The molecule has 1 fully saturated rings. The third-order valence-electron chi connectivity index (χ3n) is 3.67. The molecule has 5 heteroatoms. The van der Waals surface area contributed by atoms with Crippen molar-refractivity contribution in [2.75, 3.05) is 13.1 Å². The van der Waals surface area contributed by atoms with E-state index in [4.69, 9.17) is 4.52 Å². The maximum atomic E-state index is 5.46. The summed E-state index contributed by atoms with van der Waals surface area (Å²) in [4.78, 5) is 8.65. The van der Waals surface area contributed by atoms with Gasteiger partial charge in [0, 0.05) is 25.4 Å². The lowest BCUT2D eigenvalue weighted by atomic mass is 9.83. The van der Waals surface area contributed by atoms with Crippen molar-refractivity contribution in [3.63, 3.8) is 0 Å². The molecule has 3 heterocycles. The standard InChI is InChI=1S/C14H18N4O/c1-14(5-3-7-16-10-14)13-17-12(18-19-13)8-11-4-2-6-15-9-11/h2,4,6,9,16H,3,5,7-8,10H2,1H3. The molecule has 1 saturated heterocycles. The highest BCUT2D eigenvalue weighted by atomic mass is 16.5. The average molecular weight is 258 g/mol. The Kier molecular flexibility index (Phi) is 3.29. The molecule has 1 atom stereocenters. The van der Waals surface area contributed by atoms with Crippen LogP contribution in [0.2, 0.25) is 0 Å². The summed E-state index contributed by atoms with van der Waals surface area (Å²) in [7, 11) is 0. The number of nitrogens with one attached hydrogen (secondary N) is 1. The van der Waals surface area contributed by atoms with Crippen LogP contribution in [0.15, 0.2) is 29.0 Å². The van der Waals surface area contributed by atoms with E-state index in [1.54, 1.807) is 6.20 Å². The largest absolute Gasteiger partial charge is 0.339 e. The van der Waals surface area contributed by atoms with E-state index in [1.807, 2.05) is 18.3 Å². The lowest BCUT2D eigenvalue weighted by molar-refractivity contribution is 0.245. The molecule has 0 amide bonds. The predicted molar refractivity (Wildman–Crippen MR) is 70.8 cm³/mol. The number of hydrogen-bond donors (Lipinski definition) is 1. The number of piperidine rings is 1. The van der Waals surface area contributed by atoms with Gasteiger partial charge in [-0.1, -0.05) is 11.2 Å². The normalized spacial score (nSPS) is 23.4. The molecule has 19 heavy (non-hydrogen) atoms. The van der Waals surface area contributed by atoms with E-state index >= 15 is 0 Å². The summed E-state index contributed by atoms with van der Waals surface area (Å²) >= 11 is 0. The van der Waals surface area contributed by atoms with Crippen LogP contribution < -0.4 is 5.32 Å². The van der Waals surface area contributed by atoms with E-state index in [2.05, 4.69) is 27.4 Å². The van der Waals surface area contributed by atoms with Crippen molar-refractivity contribution < 1.29 is 4.52 Å². The Hall–Kier alpha value is -1.75. The predicted octanol–water partition coefficient (Wildman–Crippen LogP) is 1.70. The van der Waals surface area contributed by atoms with E-state index in [1.165, 1.54) is 0 Å². The molecule has 1 aliphatic rings. The first-order valence-electron chi connectivity index (χ1n) is 6.69. The quantitative estimate of drug-likeness (QED) is 0.907. The van der Waals surface area contributed by atoms with Crippen molar-refractivity contribution in [2.24, 2.45) is 0 Å². The first kappa shape index (κ1) is 12.3. The zero-order chi connectivity index (χ0) is 13.1. The molecular weight excluding hydrogens is 240 g/mol. The third kappa shape index (κ3) is 2.66. The molecular formula is C14H18N4O. The van der Waals surface area contributed by atoms with Crippen molar-refractivity contribution in [3.05, 3.63) is 41.8 Å². The fourth-order valence-corrected chi connectivity index (χ4v) is 2.49. The Bertz CT molecular complexity index is 531. The summed E-state index contributed by atoms with van der Waals surface area (Å²) in [6.07, 6.45) is 6.51.